The molecular formula is C15H32O2Si. The molecule has 0 amide bonds. The van der Waals surface area contributed by atoms with Gasteiger partial charge in [-0.2, -0.15) is 0 Å². The van der Waals surface area contributed by atoms with Crippen molar-refractivity contribution in [3.05, 3.63) is 0 Å². The van der Waals surface area contributed by atoms with Gasteiger partial charge in [0.05, 0.1) is 0 Å². The molecule has 1 saturated carbocycles. The Morgan fingerprint density at radius 3 is 1.89 bits per heavy atom. The van der Waals surface area contributed by atoms with Crippen LogP contribution in [0.15, 0.2) is 0 Å². The number of rotatable bonds is 7. The second kappa shape index (κ2) is 7.66. The average molecular weight is 273 g/mol. The van der Waals surface area contributed by atoms with Gasteiger partial charge in [-0.15, -0.1) is 0 Å². The lowest BCUT2D eigenvalue weighted by atomic mass is 9.90. The van der Waals surface area contributed by atoms with Gasteiger partial charge in [-0.25, -0.2) is 0 Å². The standard InChI is InChI=1S/C15H32O2Si/c1-6-16-18(17-7-2,12-13(3)4)15-10-8-14(5)9-11-15/h13-15H,6-12H2,1-5H3. The summed E-state index contributed by atoms with van der Waals surface area (Å²) in [5.41, 5.74) is 0.719. The van der Waals surface area contributed by atoms with Gasteiger partial charge < -0.3 is 8.85 Å². The first kappa shape index (κ1) is 16.2. The third-order valence-electron chi connectivity index (χ3n) is 4.11. The lowest BCUT2D eigenvalue weighted by Crippen LogP contribution is -2.49. The van der Waals surface area contributed by atoms with Crippen molar-refractivity contribution >= 4 is 8.56 Å². The highest BCUT2D eigenvalue weighted by Crippen LogP contribution is 2.43. The molecule has 2 nitrogen and oxygen atoms in total. The largest absolute Gasteiger partial charge is 0.394 e. The van der Waals surface area contributed by atoms with Gasteiger partial charge in [0, 0.05) is 18.8 Å². The fourth-order valence-corrected chi connectivity index (χ4v) is 7.77. The Labute approximate surface area is 115 Å². The van der Waals surface area contributed by atoms with Gasteiger partial charge in [-0.3, -0.25) is 0 Å². The summed E-state index contributed by atoms with van der Waals surface area (Å²) in [7, 11) is -1.99. The molecule has 0 bridgehead atoms. The van der Waals surface area contributed by atoms with E-state index >= 15 is 0 Å². The molecule has 1 aliphatic carbocycles. The monoisotopic (exact) mass is 272 g/mol. The molecule has 3 heteroatoms. The number of hydrogen-bond donors (Lipinski definition) is 0. The summed E-state index contributed by atoms with van der Waals surface area (Å²) in [6.45, 7) is 12.8. The van der Waals surface area contributed by atoms with Crippen LogP contribution in [0.1, 0.15) is 60.3 Å². The molecule has 108 valence electrons. The Morgan fingerprint density at radius 1 is 1.00 bits per heavy atom. The molecule has 0 saturated heterocycles. The van der Waals surface area contributed by atoms with Crippen molar-refractivity contribution in [2.45, 2.75) is 71.9 Å². The van der Waals surface area contributed by atoms with Gasteiger partial charge in [0.2, 0.25) is 0 Å². The van der Waals surface area contributed by atoms with Crippen molar-refractivity contribution in [3.63, 3.8) is 0 Å². The molecule has 0 aromatic heterocycles. The van der Waals surface area contributed by atoms with Crippen LogP contribution < -0.4 is 0 Å². The first-order chi connectivity index (χ1) is 8.54. The maximum absolute atomic E-state index is 6.27. The minimum Gasteiger partial charge on any atom is -0.394 e. The summed E-state index contributed by atoms with van der Waals surface area (Å²) in [5, 5.41) is 0. The van der Waals surface area contributed by atoms with Crippen LogP contribution in [-0.2, 0) is 8.85 Å². The van der Waals surface area contributed by atoms with Crippen LogP contribution in [0.2, 0.25) is 11.6 Å². The summed E-state index contributed by atoms with van der Waals surface area (Å²) in [4.78, 5) is 0. The zero-order valence-electron chi connectivity index (χ0n) is 13.0. The first-order valence-electron chi connectivity index (χ1n) is 7.82. The molecule has 1 rings (SSSR count). The molecule has 1 aliphatic rings. The predicted molar refractivity (Wildman–Crippen MR) is 80.0 cm³/mol. The van der Waals surface area contributed by atoms with Gasteiger partial charge in [0.15, 0.2) is 0 Å². The molecule has 0 unspecified atom stereocenters. The van der Waals surface area contributed by atoms with E-state index in [0.29, 0.717) is 5.92 Å². The second-order valence-corrected chi connectivity index (χ2v) is 9.66. The van der Waals surface area contributed by atoms with Gasteiger partial charge in [-0.1, -0.05) is 33.6 Å². The van der Waals surface area contributed by atoms with Crippen LogP contribution >= 0.6 is 0 Å². The Balaban J connectivity index is 2.78. The quantitative estimate of drug-likeness (QED) is 0.623. The highest BCUT2D eigenvalue weighted by atomic mass is 28.4. The Kier molecular flexibility index (Phi) is 6.89. The normalized spacial score (nSPS) is 25.7. The Hall–Kier alpha value is 0.137. The third-order valence-corrected chi connectivity index (χ3v) is 8.87. The molecule has 0 radical (unpaired) electrons. The van der Waals surface area contributed by atoms with E-state index in [2.05, 4.69) is 34.6 Å². The van der Waals surface area contributed by atoms with Crippen LogP contribution in [0.3, 0.4) is 0 Å². The van der Waals surface area contributed by atoms with E-state index in [4.69, 9.17) is 8.85 Å². The summed E-state index contributed by atoms with van der Waals surface area (Å²) < 4.78 is 12.5. The van der Waals surface area contributed by atoms with Crippen molar-refractivity contribution in [2.75, 3.05) is 13.2 Å². The maximum atomic E-state index is 6.27. The minimum atomic E-state index is -1.99. The van der Waals surface area contributed by atoms with E-state index < -0.39 is 8.56 Å². The summed E-state index contributed by atoms with van der Waals surface area (Å²) >= 11 is 0. The minimum absolute atomic E-state index is 0.675. The molecule has 0 aliphatic heterocycles. The van der Waals surface area contributed by atoms with Crippen LogP contribution in [0.4, 0.5) is 0 Å². The smallest absolute Gasteiger partial charge is 0.341 e. The SMILES string of the molecule is CCO[Si](CC(C)C)(OCC)C1CCC(C)CC1. The molecular weight excluding hydrogens is 240 g/mol. The fourth-order valence-electron chi connectivity index (χ4n) is 3.32. The topological polar surface area (TPSA) is 18.5 Å². The summed E-state index contributed by atoms with van der Waals surface area (Å²) in [6, 6.07) is 1.16. The zero-order valence-corrected chi connectivity index (χ0v) is 14.0. The van der Waals surface area contributed by atoms with Crippen molar-refractivity contribution in [3.8, 4) is 0 Å². The number of hydrogen-bond acceptors (Lipinski definition) is 2. The molecule has 0 heterocycles. The summed E-state index contributed by atoms with van der Waals surface area (Å²) in [5.74, 6) is 1.57. The fraction of sp³-hybridized carbons (Fsp3) is 1.00. The third kappa shape index (κ3) is 4.36. The van der Waals surface area contributed by atoms with Crippen molar-refractivity contribution < 1.29 is 8.85 Å². The Morgan fingerprint density at radius 2 is 1.50 bits per heavy atom. The van der Waals surface area contributed by atoms with Crippen LogP contribution in [0, 0.1) is 11.8 Å². The summed E-state index contributed by atoms with van der Waals surface area (Å²) in [6.07, 6.45) is 5.36. The van der Waals surface area contributed by atoms with Gasteiger partial charge in [0.25, 0.3) is 0 Å². The Bertz CT molecular complexity index is 217. The molecule has 0 aromatic carbocycles. The van der Waals surface area contributed by atoms with Gasteiger partial charge >= 0.3 is 8.56 Å². The molecule has 0 N–H and O–H groups in total. The highest BCUT2D eigenvalue weighted by molar-refractivity contribution is 6.69. The maximum Gasteiger partial charge on any atom is 0.341 e. The predicted octanol–water partition coefficient (Wildman–Crippen LogP) is 4.74. The molecule has 1 fully saturated rings. The van der Waals surface area contributed by atoms with Crippen LogP contribution in [0.5, 0.6) is 0 Å². The average Bonchev–Trinajstić information content (AvgIpc) is 2.29. The molecule has 18 heavy (non-hydrogen) atoms. The van der Waals surface area contributed by atoms with E-state index in [1.807, 2.05) is 0 Å². The van der Waals surface area contributed by atoms with E-state index in [1.54, 1.807) is 0 Å². The zero-order chi connectivity index (χ0) is 13.6. The van der Waals surface area contributed by atoms with E-state index in [-0.39, 0.29) is 0 Å². The first-order valence-corrected chi connectivity index (χ1v) is 9.92. The van der Waals surface area contributed by atoms with E-state index in [1.165, 1.54) is 25.7 Å². The van der Waals surface area contributed by atoms with E-state index in [0.717, 1.165) is 30.7 Å². The van der Waals surface area contributed by atoms with E-state index in [9.17, 15) is 0 Å². The van der Waals surface area contributed by atoms with Gasteiger partial charge in [-0.05, 0) is 44.6 Å². The lowest BCUT2D eigenvalue weighted by Gasteiger charge is -2.41. The van der Waals surface area contributed by atoms with Crippen molar-refractivity contribution in [2.24, 2.45) is 11.8 Å². The molecule has 0 atom stereocenters. The van der Waals surface area contributed by atoms with Crippen molar-refractivity contribution in [1.82, 2.24) is 0 Å². The molecule has 0 spiro atoms. The van der Waals surface area contributed by atoms with Crippen LogP contribution in [0.25, 0.3) is 0 Å². The van der Waals surface area contributed by atoms with Crippen molar-refractivity contribution in [1.29, 1.82) is 0 Å². The van der Waals surface area contributed by atoms with Crippen LogP contribution in [-0.4, -0.2) is 21.8 Å². The molecule has 0 aromatic rings. The van der Waals surface area contributed by atoms with Gasteiger partial charge in [0.1, 0.15) is 0 Å². The highest BCUT2D eigenvalue weighted by Gasteiger charge is 2.46. The second-order valence-electron chi connectivity index (χ2n) is 6.23. The lowest BCUT2D eigenvalue weighted by molar-refractivity contribution is 0.156.